The van der Waals surface area contributed by atoms with Crippen LogP contribution < -0.4 is 11.1 Å². The Morgan fingerprint density at radius 1 is 1.59 bits per heavy atom. The fourth-order valence-electron chi connectivity index (χ4n) is 1.60. The van der Waals surface area contributed by atoms with Crippen molar-refractivity contribution in [3.8, 4) is 11.8 Å². The standard InChI is InChI=1S/C13H19N3O/c1-3-5-6-7-15-13(17)12-9-11(14)10-16(12)8-4-2/h9-10H,4,6-8,14H2,1-2H3,(H,15,17). The Hall–Kier alpha value is -1.89. The van der Waals surface area contributed by atoms with Crippen LogP contribution in [0.2, 0.25) is 0 Å². The molecule has 1 rings (SSSR count). The first kappa shape index (κ1) is 13.2. The summed E-state index contributed by atoms with van der Waals surface area (Å²) in [5.41, 5.74) is 6.94. The van der Waals surface area contributed by atoms with Crippen molar-refractivity contribution in [1.29, 1.82) is 0 Å². The molecule has 0 aromatic carbocycles. The van der Waals surface area contributed by atoms with E-state index in [9.17, 15) is 4.79 Å². The average Bonchev–Trinajstić information content (AvgIpc) is 2.66. The van der Waals surface area contributed by atoms with Crippen molar-refractivity contribution in [2.24, 2.45) is 0 Å². The van der Waals surface area contributed by atoms with Gasteiger partial charge in [-0.05, 0) is 19.4 Å². The molecule has 0 bridgehead atoms. The molecule has 0 unspecified atom stereocenters. The van der Waals surface area contributed by atoms with E-state index in [0.29, 0.717) is 24.3 Å². The molecule has 0 radical (unpaired) electrons. The minimum atomic E-state index is -0.0898. The highest BCUT2D eigenvalue weighted by molar-refractivity contribution is 5.93. The van der Waals surface area contributed by atoms with Gasteiger partial charge in [0.2, 0.25) is 0 Å². The van der Waals surface area contributed by atoms with Gasteiger partial charge in [-0.15, -0.1) is 11.8 Å². The van der Waals surface area contributed by atoms with Crippen LogP contribution in [0.1, 0.15) is 37.2 Å². The molecule has 1 heterocycles. The van der Waals surface area contributed by atoms with Gasteiger partial charge in [0.1, 0.15) is 5.69 Å². The highest BCUT2D eigenvalue weighted by Crippen LogP contribution is 2.11. The van der Waals surface area contributed by atoms with Gasteiger partial charge in [0.05, 0.1) is 5.69 Å². The molecule has 0 saturated heterocycles. The molecule has 0 saturated carbocycles. The summed E-state index contributed by atoms with van der Waals surface area (Å²) < 4.78 is 1.89. The zero-order valence-corrected chi connectivity index (χ0v) is 10.4. The smallest absolute Gasteiger partial charge is 0.268 e. The van der Waals surface area contributed by atoms with Crippen molar-refractivity contribution < 1.29 is 4.79 Å². The summed E-state index contributed by atoms with van der Waals surface area (Å²) in [5.74, 6) is 5.60. The number of anilines is 1. The van der Waals surface area contributed by atoms with E-state index in [0.717, 1.165) is 13.0 Å². The number of carbonyl (C=O) groups excluding carboxylic acids is 1. The number of nitrogen functional groups attached to an aromatic ring is 1. The normalized spacial score (nSPS) is 9.53. The fourth-order valence-corrected chi connectivity index (χ4v) is 1.60. The zero-order chi connectivity index (χ0) is 12.7. The van der Waals surface area contributed by atoms with Crippen molar-refractivity contribution in [2.75, 3.05) is 12.3 Å². The number of hydrogen-bond acceptors (Lipinski definition) is 2. The monoisotopic (exact) mass is 233 g/mol. The van der Waals surface area contributed by atoms with Crippen LogP contribution in [0.4, 0.5) is 5.69 Å². The second kappa shape index (κ2) is 6.64. The van der Waals surface area contributed by atoms with E-state index in [4.69, 9.17) is 5.73 Å². The molecule has 17 heavy (non-hydrogen) atoms. The number of aryl methyl sites for hydroxylation is 1. The molecule has 92 valence electrons. The second-order valence-electron chi connectivity index (χ2n) is 3.78. The van der Waals surface area contributed by atoms with Crippen LogP contribution in [0.5, 0.6) is 0 Å². The first-order chi connectivity index (χ1) is 8.19. The second-order valence-corrected chi connectivity index (χ2v) is 3.78. The lowest BCUT2D eigenvalue weighted by Gasteiger charge is -2.07. The maximum atomic E-state index is 11.9. The van der Waals surface area contributed by atoms with Crippen LogP contribution in [0.15, 0.2) is 12.3 Å². The summed E-state index contributed by atoms with van der Waals surface area (Å²) in [6.07, 6.45) is 3.44. The topological polar surface area (TPSA) is 60.1 Å². The summed E-state index contributed by atoms with van der Waals surface area (Å²) in [6.45, 7) is 5.22. The lowest BCUT2D eigenvalue weighted by molar-refractivity contribution is 0.0945. The Labute approximate surface area is 102 Å². The van der Waals surface area contributed by atoms with Crippen LogP contribution in [0, 0.1) is 11.8 Å². The molecule has 0 fully saturated rings. The van der Waals surface area contributed by atoms with Crippen molar-refractivity contribution in [3.63, 3.8) is 0 Å². The number of hydrogen-bond donors (Lipinski definition) is 2. The van der Waals surface area contributed by atoms with E-state index < -0.39 is 0 Å². The number of rotatable bonds is 5. The molecule has 1 aromatic rings. The minimum absolute atomic E-state index is 0.0898. The summed E-state index contributed by atoms with van der Waals surface area (Å²) in [5, 5.41) is 2.83. The molecule has 1 aromatic heterocycles. The Kier molecular flexibility index (Phi) is 5.15. The van der Waals surface area contributed by atoms with Gasteiger partial charge in [-0.25, -0.2) is 0 Å². The SMILES string of the molecule is CC#CCCNC(=O)c1cc(N)cn1CCC. The third kappa shape index (κ3) is 3.87. The third-order valence-corrected chi connectivity index (χ3v) is 2.33. The van der Waals surface area contributed by atoms with Gasteiger partial charge in [-0.1, -0.05) is 6.92 Å². The van der Waals surface area contributed by atoms with E-state index in [1.807, 2.05) is 4.57 Å². The number of carbonyl (C=O) groups is 1. The van der Waals surface area contributed by atoms with Gasteiger partial charge in [-0.2, -0.15) is 0 Å². The van der Waals surface area contributed by atoms with Crippen LogP contribution in [-0.2, 0) is 6.54 Å². The van der Waals surface area contributed by atoms with Gasteiger partial charge in [0, 0.05) is 25.7 Å². The van der Waals surface area contributed by atoms with Crippen molar-refractivity contribution in [2.45, 2.75) is 33.2 Å². The van der Waals surface area contributed by atoms with Gasteiger partial charge < -0.3 is 15.6 Å². The fraction of sp³-hybridized carbons (Fsp3) is 0.462. The number of amides is 1. The molecular weight excluding hydrogens is 214 g/mol. The van der Waals surface area contributed by atoms with Crippen LogP contribution in [-0.4, -0.2) is 17.0 Å². The Morgan fingerprint density at radius 2 is 2.35 bits per heavy atom. The van der Waals surface area contributed by atoms with E-state index in [1.54, 1.807) is 19.2 Å². The first-order valence-electron chi connectivity index (χ1n) is 5.82. The number of nitrogens with one attached hydrogen (secondary N) is 1. The number of nitrogens with two attached hydrogens (primary N) is 1. The Bertz CT molecular complexity index is 437. The predicted octanol–water partition coefficient (Wildman–Crippen LogP) is 1.62. The van der Waals surface area contributed by atoms with Crippen molar-refractivity contribution in [3.05, 3.63) is 18.0 Å². The minimum Gasteiger partial charge on any atom is -0.397 e. The molecule has 0 aliphatic heterocycles. The first-order valence-corrected chi connectivity index (χ1v) is 5.82. The van der Waals surface area contributed by atoms with E-state index >= 15 is 0 Å². The van der Waals surface area contributed by atoms with Gasteiger partial charge in [0.25, 0.3) is 5.91 Å². The maximum absolute atomic E-state index is 11.9. The van der Waals surface area contributed by atoms with Crippen molar-refractivity contribution in [1.82, 2.24) is 9.88 Å². The predicted molar refractivity (Wildman–Crippen MR) is 69.5 cm³/mol. The molecule has 0 aliphatic rings. The molecule has 4 nitrogen and oxygen atoms in total. The molecule has 0 aliphatic carbocycles. The molecule has 4 heteroatoms. The van der Waals surface area contributed by atoms with Gasteiger partial charge >= 0.3 is 0 Å². The highest BCUT2D eigenvalue weighted by atomic mass is 16.1. The van der Waals surface area contributed by atoms with E-state index in [-0.39, 0.29) is 5.91 Å². The van der Waals surface area contributed by atoms with Gasteiger partial charge in [-0.3, -0.25) is 4.79 Å². The summed E-state index contributed by atoms with van der Waals surface area (Å²) in [4.78, 5) is 11.9. The van der Waals surface area contributed by atoms with Crippen LogP contribution in [0.25, 0.3) is 0 Å². The molecule has 3 N–H and O–H groups in total. The lowest BCUT2D eigenvalue weighted by Crippen LogP contribution is -2.26. The van der Waals surface area contributed by atoms with Crippen LogP contribution in [0.3, 0.4) is 0 Å². The Morgan fingerprint density at radius 3 is 3.00 bits per heavy atom. The Balaban J connectivity index is 2.63. The van der Waals surface area contributed by atoms with Crippen LogP contribution >= 0.6 is 0 Å². The average molecular weight is 233 g/mol. The summed E-state index contributed by atoms with van der Waals surface area (Å²) >= 11 is 0. The zero-order valence-electron chi connectivity index (χ0n) is 10.4. The largest absolute Gasteiger partial charge is 0.397 e. The quantitative estimate of drug-likeness (QED) is 0.599. The third-order valence-electron chi connectivity index (χ3n) is 2.33. The van der Waals surface area contributed by atoms with E-state index in [1.165, 1.54) is 0 Å². The molecule has 0 atom stereocenters. The summed E-state index contributed by atoms with van der Waals surface area (Å²) in [6, 6.07) is 1.70. The van der Waals surface area contributed by atoms with E-state index in [2.05, 4.69) is 24.1 Å². The molecule has 1 amide bonds. The van der Waals surface area contributed by atoms with Gasteiger partial charge in [0.15, 0.2) is 0 Å². The maximum Gasteiger partial charge on any atom is 0.268 e. The molecule has 0 spiro atoms. The lowest BCUT2D eigenvalue weighted by atomic mass is 10.3. The van der Waals surface area contributed by atoms with Crippen molar-refractivity contribution >= 4 is 11.6 Å². The summed E-state index contributed by atoms with van der Waals surface area (Å²) in [7, 11) is 0. The number of aromatic nitrogens is 1. The number of nitrogens with zero attached hydrogens (tertiary/aromatic N) is 1. The molecular formula is C13H19N3O. The highest BCUT2D eigenvalue weighted by Gasteiger charge is 2.11.